The first-order chi connectivity index (χ1) is 8.59. The highest BCUT2D eigenvalue weighted by molar-refractivity contribution is 5.81. The second-order valence-corrected chi connectivity index (χ2v) is 5.58. The molecule has 0 aromatic rings. The van der Waals surface area contributed by atoms with Crippen LogP contribution in [0.5, 0.6) is 0 Å². The van der Waals surface area contributed by atoms with Crippen molar-refractivity contribution in [3.63, 3.8) is 0 Å². The molecule has 1 N–H and O–H groups in total. The number of likely N-dealkylation sites (N-methyl/N-ethyl adjacent to an activating group) is 1. The van der Waals surface area contributed by atoms with Crippen LogP contribution in [0, 0.1) is 0 Å². The lowest BCUT2D eigenvalue weighted by Crippen LogP contribution is -2.58. The Morgan fingerprint density at radius 2 is 1.89 bits per heavy atom. The first-order valence-corrected chi connectivity index (χ1v) is 7.03. The fourth-order valence-corrected chi connectivity index (χ4v) is 2.73. The Bertz CT molecular complexity index is 291. The van der Waals surface area contributed by atoms with Crippen molar-refractivity contribution in [1.29, 1.82) is 0 Å². The van der Waals surface area contributed by atoms with Gasteiger partial charge in [-0.2, -0.15) is 0 Å². The summed E-state index contributed by atoms with van der Waals surface area (Å²) in [5.74, 6) is 0.299. The van der Waals surface area contributed by atoms with Gasteiger partial charge in [-0.3, -0.25) is 9.69 Å². The molecule has 18 heavy (non-hydrogen) atoms. The zero-order chi connectivity index (χ0) is 13.1. The summed E-state index contributed by atoms with van der Waals surface area (Å²) >= 11 is 0. The third kappa shape index (κ3) is 3.02. The van der Waals surface area contributed by atoms with Crippen molar-refractivity contribution in [2.45, 2.75) is 25.9 Å². The maximum Gasteiger partial charge on any atom is 0.239 e. The van der Waals surface area contributed by atoms with Crippen molar-refractivity contribution in [2.24, 2.45) is 0 Å². The number of piperazine rings is 2. The smallest absolute Gasteiger partial charge is 0.239 e. The van der Waals surface area contributed by atoms with Gasteiger partial charge in [-0.05, 0) is 20.9 Å². The van der Waals surface area contributed by atoms with E-state index >= 15 is 0 Å². The molecule has 2 aliphatic rings. The number of carbonyl (C=O) groups excluding carboxylic acids is 1. The zero-order valence-corrected chi connectivity index (χ0v) is 11.9. The van der Waals surface area contributed by atoms with Crippen molar-refractivity contribution in [3.8, 4) is 0 Å². The number of amides is 1. The standard InChI is InChI=1S/C13H26N4O/c1-11-10-17(9-8-15(11)3)12(2)13(18)16-6-4-14-5-7-16/h11-12,14H,4-10H2,1-3H3. The molecule has 2 aliphatic heterocycles. The lowest BCUT2D eigenvalue weighted by Gasteiger charge is -2.41. The number of nitrogens with zero attached hydrogens (tertiary/aromatic N) is 3. The summed E-state index contributed by atoms with van der Waals surface area (Å²) in [7, 11) is 2.16. The van der Waals surface area contributed by atoms with E-state index in [9.17, 15) is 4.79 Å². The van der Waals surface area contributed by atoms with Crippen LogP contribution in [0.15, 0.2) is 0 Å². The first-order valence-electron chi connectivity index (χ1n) is 7.03. The molecular weight excluding hydrogens is 228 g/mol. The molecule has 2 unspecified atom stereocenters. The van der Waals surface area contributed by atoms with Crippen LogP contribution < -0.4 is 5.32 Å². The van der Waals surface area contributed by atoms with E-state index in [4.69, 9.17) is 0 Å². The number of carbonyl (C=O) groups is 1. The molecule has 2 saturated heterocycles. The minimum Gasteiger partial charge on any atom is -0.339 e. The monoisotopic (exact) mass is 254 g/mol. The summed E-state index contributed by atoms with van der Waals surface area (Å²) in [4.78, 5) is 19.1. The van der Waals surface area contributed by atoms with E-state index in [2.05, 4.69) is 36.0 Å². The Morgan fingerprint density at radius 1 is 1.22 bits per heavy atom. The van der Waals surface area contributed by atoms with Gasteiger partial charge in [0.25, 0.3) is 0 Å². The molecule has 0 aliphatic carbocycles. The lowest BCUT2D eigenvalue weighted by atomic mass is 10.1. The summed E-state index contributed by atoms with van der Waals surface area (Å²) in [5.41, 5.74) is 0. The SMILES string of the molecule is CC1CN(C(C)C(=O)N2CCNCC2)CCN1C. The number of nitrogens with one attached hydrogen (secondary N) is 1. The molecule has 104 valence electrons. The highest BCUT2D eigenvalue weighted by atomic mass is 16.2. The third-order valence-electron chi connectivity index (χ3n) is 4.32. The van der Waals surface area contributed by atoms with Gasteiger partial charge >= 0.3 is 0 Å². The van der Waals surface area contributed by atoms with Gasteiger partial charge in [0, 0.05) is 51.9 Å². The quantitative estimate of drug-likeness (QED) is 0.717. The fourth-order valence-electron chi connectivity index (χ4n) is 2.73. The van der Waals surface area contributed by atoms with Gasteiger partial charge in [-0.25, -0.2) is 0 Å². The van der Waals surface area contributed by atoms with Crippen LogP contribution >= 0.6 is 0 Å². The van der Waals surface area contributed by atoms with E-state index < -0.39 is 0 Å². The molecule has 2 heterocycles. The summed E-state index contributed by atoms with van der Waals surface area (Å²) in [6, 6.07) is 0.566. The van der Waals surface area contributed by atoms with Gasteiger partial charge in [-0.1, -0.05) is 0 Å². The highest BCUT2D eigenvalue weighted by Gasteiger charge is 2.30. The van der Waals surface area contributed by atoms with Gasteiger partial charge in [0.2, 0.25) is 5.91 Å². The Hall–Kier alpha value is -0.650. The first kappa shape index (κ1) is 13.8. The zero-order valence-electron chi connectivity index (χ0n) is 11.9. The molecule has 0 aromatic heterocycles. The van der Waals surface area contributed by atoms with Crippen LogP contribution in [0.4, 0.5) is 0 Å². The van der Waals surface area contributed by atoms with Crippen molar-refractivity contribution >= 4 is 5.91 Å². The van der Waals surface area contributed by atoms with Crippen LogP contribution in [0.1, 0.15) is 13.8 Å². The Morgan fingerprint density at radius 3 is 2.50 bits per heavy atom. The summed E-state index contributed by atoms with van der Waals surface area (Å²) in [6.07, 6.45) is 0. The highest BCUT2D eigenvalue weighted by Crippen LogP contribution is 2.12. The average Bonchev–Trinajstić information content (AvgIpc) is 2.41. The van der Waals surface area contributed by atoms with Gasteiger partial charge in [0.05, 0.1) is 6.04 Å². The molecule has 0 bridgehead atoms. The Kier molecular flexibility index (Phi) is 4.59. The number of hydrogen-bond donors (Lipinski definition) is 1. The summed E-state index contributed by atoms with van der Waals surface area (Å²) in [6.45, 7) is 10.9. The summed E-state index contributed by atoms with van der Waals surface area (Å²) in [5, 5.41) is 3.29. The molecule has 0 saturated carbocycles. The molecule has 2 rings (SSSR count). The van der Waals surface area contributed by atoms with Crippen LogP contribution in [-0.2, 0) is 4.79 Å². The van der Waals surface area contributed by atoms with Crippen LogP contribution in [0.3, 0.4) is 0 Å². The Labute approximate surface area is 110 Å². The molecule has 5 heteroatoms. The van der Waals surface area contributed by atoms with E-state index in [0.29, 0.717) is 11.9 Å². The second-order valence-electron chi connectivity index (χ2n) is 5.58. The van der Waals surface area contributed by atoms with E-state index in [1.54, 1.807) is 0 Å². The van der Waals surface area contributed by atoms with Crippen LogP contribution in [0.2, 0.25) is 0 Å². The van der Waals surface area contributed by atoms with Crippen LogP contribution in [-0.4, -0.2) is 85.6 Å². The maximum atomic E-state index is 12.4. The van der Waals surface area contributed by atoms with Crippen molar-refractivity contribution < 1.29 is 4.79 Å². The molecule has 2 atom stereocenters. The lowest BCUT2D eigenvalue weighted by molar-refractivity contribution is -0.138. The normalized spacial score (nSPS) is 29.3. The average molecular weight is 254 g/mol. The molecule has 0 radical (unpaired) electrons. The van der Waals surface area contributed by atoms with E-state index in [1.165, 1.54) is 0 Å². The molecule has 2 fully saturated rings. The Balaban J connectivity index is 1.89. The molecule has 0 spiro atoms. The minimum atomic E-state index is 0.0271. The van der Waals surface area contributed by atoms with E-state index in [-0.39, 0.29) is 6.04 Å². The third-order valence-corrected chi connectivity index (χ3v) is 4.32. The maximum absolute atomic E-state index is 12.4. The topological polar surface area (TPSA) is 38.8 Å². The molecule has 5 nitrogen and oxygen atoms in total. The van der Waals surface area contributed by atoms with Gasteiger partial charge in [-0.15, -0.1) is 0 Å². The minimum absolute atomic E-state index is 0.0271. The molecule has 1 amide bonds. The summed E-state index contributed by atoms with van der Waals surface area (Å²) < 4.78 is 0. The second kappa shape index (κ2) is 5.99. The van der Waals surface area contributed by atoms with Gasteiger partial charge in [0.1, 0.15) is 0 Å². The van der Waals surface area contributed by atoms with Crippen molar-refractivity contribution in [2.75, 3.05) is 52.9 Å². The van der Waals surface area contributed by atoms with Crippen molar-refractivity contribution in [3.05, 3.63) is 0 Å². The van der Waals surface area contributed by atoms with Gasteiger partial charge < -0.3 is 15.1 Å². The number of rotatable bonds is 2. The van der Waals surface area contributed by atoms with E-state index in [1.807, 2.05) is 4.90 Å². The largest absolute Gasteiger partial charge is 0.339 e. The van der Waals surface area contributed by atoms with Crippen LogP contribution in [0.25, 0.3) is 0 Å². The predicted molar refractivity (Wildman–Crippen MR) is 72.6 cm³/mol. The number of hydrogen-bond acceptors (Lipinski definition) is 4. The predicted octanol–water partition coefficient (Wildman–Crippen LogP) is -0.557. The van der Waals surface area contributed by atoms with Crippen molar-refractivity contribution in [1.82, 2.24) is 20.0 Å². The fraction of sp³-hybridized carbons (Fsp3) is 0.923. The molecule has 0 aromatic carbocycles. The van der Waals surface area contributed by atoms with E-state index in [0.717, 1.165) is 45.8 Å². The van der Waals surface area contributed by atoms with Gasteiger partial charge in [0.15, 0.2) is 0 Å². The molecular formula is C13H26N4O.